The maximum atomic E-state index is 12.4. The molecule has 1 aliphatic rings. The molecular formula is C14H12N2O4S. The second kappa shape index (κ2) is 4.85. The van der Waals surface area contributed by atoms with E-state index in [4.69, 9.17) is 0 Å². The Hall–Kier alpha value is -2.41. The van der Waals surface area contributed by atoms with E-state index >= 15 is 0 Å². The van der Waals surface area contributed by atoms with Gasteiger partial charge < -0.3 is 0 Å². The van der Waals surface area contributed by atoms with Crippen LogP contribution in [0.15, 0.2) is 48.5 Å². The van der Waals surface area contributed by atoms with Crippen LogP contribution in [-0.4, -0.2) is 13.3 Å². The van der Waals surface area contributed by atoms with Crippen LogP contribution < -0.4 is 4.31 Å². The fourth-order valence-electron chi connectivity index (χ4n) is 2.37. The van der Waals surface area contributed by atoms with E-state index < -0.39 is 14.9 Å². The highest BCUT2D eigenvalue weighted by Crippen LogP contribution is 2.30. The minimum absolute atomic E-state index is 0.0554. The smallest absolute Gasteiger partial charge is 0.266 e. The van der Waals surface area contributed by atoms with E-state index in [-0.39, 0.29) is 18.0 Å². The summed E-state index contributed by atoms with van der Waals surface area (Å²) >= 11 is 0. The number of benzene rings is 2. The van der Waals surface area contributed by atoms with Crippen molar-refractivity contribution in [3.05, 3.63) is 69.8 Å². The van der Waals surface area contributed by atoms with Crippen LogP contribution in [0.5, 0.6) is 0 Å². The summed E-state index contributed by atoms with van der Waals surface area (Å²) < 4.78 is 26.0. The zero-order valence-electron chi connectivity index (χ0n) is 11.0. The number of rotatable bonds is 2. The van der Waals surface area contributed by atoms with Gasteiger partial charge in [-0.2, -0.15) is 0 Å². The third-order valence-corrected chi connectivity index (χ3v) is 5.14. The van der Waals surface area contributed by atoms with Crippen LogP contribution in [0, 0.1) is 10.1 Å². The molecule has 0 aliphatic carbocycles. The van der Waals surface area contributed by atoms with Gasteiger partial charge in [0.25, 0.3) is 5.69 Å². The molecule has 0 unspecified atom stereocenters. The lowest BCUT2D eigenvalue weighted by molar-refractivity contribution is -0.384. The second-order valence-corrected chi connectivity index (χ2v) is 6.70. The van der Waals surface area contributed by atoms with Crippen molar-refractivity contribution in [2.75, 3.05) is 4.31 Å². The molecule has 3 rings (SSSR count). The van der Waals surface area contributed by atoms with Crippen LogP contribution in [-0.2, 0) is 22.3 Å². The number of nitro groups is 1. The van der Waals surface area contributed by atoms with Crippen LogP contribution in [0.2, 0.25) is 0 Å². The minimum Gasteiger partial charge on any atom is -0.266 e. The first-order valence-corrected chi connectivity index (χ1v) is 7.90. The van der Waals surface area contributed by atoms with E-state index in [0.29, 0.717) is 5.69 Å². The van der Waals surface area contributed by atoms with Gasteiger partial charge in [0.15, 0.2) is 0 Å². The van der Waals surface area contributed by atoms with Crippen LogP contribution in [0.25, 0.3) is 0 Å². The number of anilines is 1. The molecule has 0 saturated carbocycles. The molecule has 1 heterocycles. The molecule has 0 atom stereocenters. The molecule has 0 aromatic heterocycles. The summed E-state index contributed by atoms with van der Waals surface area (Å²) in [7, 11) is -3.46. The monoisotopic (exact) mass is 304 g/mol. The Bertz CT molecular complexity index is 800. The van der Waals surface area contributed by atoms with Crippen LogP contribution in [0.3, 0.4) is 0 Å². The van der Waals surface area contributed by atoms with E-state index in [9.17, 15) is 18.5 Å². The van der Waals surface area contributed by atoms with Crippen molar-refractivity contribution >= 4 is 21.4 Å². The number of non-ortho nitro benzene ring substituents is 1. The molecule has 7 heteroatoms. The van der Waals surface area contributed by atoms with E-state index in [0.717, 1.165) is 11.1 Å². The third kappa shape index (κ3) is 2.47. The lowest BCUT2D eigenvalue weighted by Crippen LogP contribution is -2.35. The van der Waals surface area contributed by atoms with Crippen LogP contribution in [0.1, 0.15) is 11.1 Å². The van der Waals surface area contributed by atoms with Gasteiger partial charge in [-0.15, -0.1) is 0 Å². The molecule has 6 nitrogen and oxygen atoms in total. The first-order valence-electron chi connectivity index (χ1n) is 6.29. The van der Waals surface area contributed by atoms with Gasteiger partial charge in [-0.25, -0.2) is 8.42 Å². The summed E-state index contributed by atoms with van der Waals surface area (Å²) in [6.45, 7) is 0.246. The number of sulfonamides is 1. The Morgan fingerprint density at radius 2 is 1.62 bits per heavy atom. The first-order chi connectivity index (χ1) is 9.97. The minimum atomic E-state index is -3.46. The molecule has 0 amide bonds. The fraction of sp³-hybridized carbons (Fsp3) is 0.143. The van der Waals surface area contributed by atoms with Gasteiger partial charge in [0.2, 0.25) is 10.0 Å². The molecule has 0 saturated heterocycles. The third-order valence-electron chi connectivity index (χ3n) is 3.45. The fourth-order valence-corrected chi connectivity index (χ4v) is 3.98. The van der Waals surface area contributed by atoms with Gasteiger partial charge in [0.05, 0.1) is 22.9 Å². The molecule has 2 aromatic rings. The molecule has 0 spiro atoms. The van der Waals surface area contributed by atoms with Gasteiger partial charge in [-0.3, -0.25) is 14.4 Å². The number of nitrogens with zero attached hydrogens (tertiary/aromatic N) is 2. The highest BCUT2D eigenvalue weighted by atomic mass is 32.2. The normalized spacial score (nSPS) is 16.3. The highest BCUT2D eigenvalue weighted by molar-refractivity contribution is 7.92. The average molecular weight is 304 g/mol. The van der Waals surface area contributed by atoms with Crippen molar-refractivity contribution in [2.24, 2.45) is 0 Å². The van der Waals surface area contributed by atoms with E-state index in [1.54, 1.807) is 6.07 Å². The number of hydrogen-bond donors (Lipinski definition) is 0. The Balaban J connectivity index is 2.00. The molecule has 0 bridgehead atoms. The van der Waals surface area contributed by atoms with Gasteiger partial charge in [0.1, 0.15) is 0 Å². The molecule has 1 aliphatic heterocycles. The maximum absolute atomic E-state index is 12.4. The Morgan fingerprint density at radius 3 is 2.24 bits per heavy atom. The van der Waals surface area contributed by atoms with Gasteiger partial charge >= 0.3 is 0 Å². The SMILES string of the molecule is O=[N+]([O-])c1ccc(N2Cc3ccccc3CS2(=O)=O)cc1. The van der Waals surface area contributed by atoms with Crippen molar-refractivity contribution in [3.8, 4) is 0 Å². The lowest BCUT2D eigenvalue weighted by Gasteiger charge is -2.30. The Labute approximate surface area is 121 Å². The highest BCUT2D eigenvalue weighted by Gasteiger charge is 2.29. The van der Waals surface area contributed by atoms with Crippen molar-refractivity contribution < 1.29 is 13.3 Å². The Morgan fingerprint density at radius 1 is 1.00 bits per heavy atom. The predicted molar refractivity (Wildman–Crippen MR) is 78.3 cm³/mol. The summed E-state index contributed by atoms with van der Waals surface area (Å²) in [6, 6.07) is 12.9. The van der Waals surface area contributed by atoms with Crippen molar-refractivity contribution in [1.82, 2.24) is 0 Å². The van der Waals surface area contributed by atoms with Crippen LogP contribution >= 0.6 is 0 Å². The molecular weight excluding hydrogens is 292 g/mol. The van der Waals surface area contributed by atoms with E-state index in [1.165, 1.54) is 28.6 Å². The van der Waals surface area contributed by atoms with Crippen molar-refractivity contribution in [1.29, 1.82) is 0 Å². The molecule has 0 fully saturated rings. The van der Waals surface area contributed by atoms with Crippen LogP contribution in [0.4, 0.5) is 11.4 Å². The molecule has 0 radical (unpaired) electrons. The Kier molecular flexibility index (Phi) is 3.13. The topological polar surface area (TPSA) is 80.5 Å². The molecule has 2 aromatic carbocycles. The zero-order valence-corrected chi connectivity index (χ0v) is 11.8. The summed E-state index contributed by atoms with van der Waals surface area (Å²) in [5, 5.41) is 10.7. The zero-order chi connectivity index (χ0) is 15.0. The average Bonchev–Trinajstić information content (AvgIpc) is 2.45. The number of nitro benzene ring substituents is 1. The molecule has 0 N–H and O–H groups in total. The molecule has 21 heavy (non-hydrogen) atoms. The first kappa shape index (κ1) is 13.6. The lowest BCUT2D eigenvalue weighted by atomic mass is 10.1. The van der Waals surface area contributed by atoms with Gasteiger partial charge in [-0.05, 0) is 23.3 Å². The van der Waals surface area contributed by atoms with E-state index in [2.05, 4.69) is 0 Å². The summed E-state index contributed by atoms with van der Waals surface area (Å²) in [6.07, 6.45) is 0. The quantitative estimate of drug-likeness (QED) is 0.630. The maximum Gasteiger partial charge on any atom is 0.269 e. The second-order valence-electron chi connectivity index (χ2n) is 4.81. The molecule has 108 valence electrons. The largest absolute Gasteiger partial charge is 0.269 e. The van der Waals surface area contributed by atoms with Gasteiger partial charge in [0, 0.05) is 12.1 Å². The summed E-state index contributed by atoms with van der Waals surface area (Å²) in [4.78, 5) is 10.1. The summed E-state index contributed by atoms with van der Waals surface area (Å²) in [5.74, 6) is -0.0554. The number of fused-ring (bicyclic) bond motifs is 1. The van der Waals surface area contributed by atoms with Crippen molar-refractivity contribution in [3.63, 3.8) is 0 Å². The predicted octanol–water partition coefficient (Wildman–Crippen LogP) is 2.44. The van der Waals surface area contributed by atoms with Gasteiger partial charge in [-0.1, -0.05) is 24.3 Å². The standard InChI is InChI=1S/C14H12N2O4S/c17-16(18)14-7-5-13(6-8-14)15-9-11-3-1-2-4-12(11)10-21(15,19)20/h1-8H,9-10H2. The number of hydrogen-bond acceptors (Lipinski definition) is 4. The van der Waals surface area contributed by atoms with E-state index in [1.807, 2.05) is 18.2 Å². The van der Waals surface area contributed by atoms with Crippen molar-refractivity contribution in [2.45, 2.75) is 12.3 Å². The summed E-state index contributed by atoms with van der Waals surface area (Å²) in [5.41, 5.74) is 2.13.